The van der Waals surface area contributed by atoms with Gasteiger partial charge in [-0.25, -0.2) is 9.78 Å². The van der Waals surface area contributed by atoms with Crippen LogP contribution in [0, 0.1) is 0 Å². The topological polar surface area (TPSA) is 100 Å². The number of ether oxygens (including phenoxy) is 3. The van der Waals surface area contributed by atoms with E-state index in [0.29, 0.717) is 56.8 Å². The molecule has 0 radical (unpaired) electrons. The Morgan fingerprint density at radius 3 is 2.24 bits per heavy atom. The minimum absolute atomic E-state index is 0.432. The lowest BCUT2D eigenvalue weighted by molar-refractivity contribution is 0.122. The first kappa shape index (κ1) is 19.3. The molecule has 0 spiro atoms. The molecule has 10 nitrogen and oxygen atoms in total. The van der Waals surface area contributed by atoms with Crippen LogP contribution in [-0.4, -0.2) is 92.8 Å². The summed E-state index contributed by atoms with van der Waals surface area (Å²) in [6.45, 7) is 4.72. The Balaban J connectivity index is 1.78. The molecule has 1 amide bonds. The van der Waals surface area contributed by atoms with Crippen molar-refractivity contribution < 1.29 is 24.1 Å². The smallest absolute Gasteiger partial charge is 0.407 e. The van der Waals surface area contributed by atoms with Crippen LogP contribution in [0.3, 0.4) is 0 Å². The largest absolute Gasteiger partial charge is 0.493 e. The zero-order valence-corrected chi connectivity index (χ0v) is 16.6. The molecule has 2 aliphatic rings. The van der Waals surface area contributed by atoms with Crippen molar-refractivity contribution in [3.63, 3.8) is 0 Å². The number of rotatable bonds is 4. The number of nitrogens with zero attached hydrogens (tertiary/aromatic N) is 5. The van der Waals surface area contributed by atoms with Gasteiger partial charge >= 0.3 is 6.09 Å². The fourth-order valence-electron chi connectivity index (χ4n) is 3.68. The predicted molar refractivity (Wildman–Crippen MR) is 107 cm³/mol. The molecule has 0 unspecified atom stereocenters. The first-order valence-corrected chi connectivity index (χ1v) is 9.60. The Morgan fingerprint density at radius 2 is 1.62 bits per heavy atom. The second-order valence-corrected chi connectivity index (χ2v) is 6.93. The van der Waals surface area contributed by atoms with Gasteiger partial charge < -0.3 is 34.0 Å². The van der Waals surface area contributed by atoms with Gasteiger partial charge in [0.2, 0.25) is 5.95 Å². The van der Waals surface area contributed by atoms with Gasteiger partial charge in [-0.3, -0.25) is 0 Å². The van der Waals surface area contributed by atoms with E-state index < -0.39 is 6.09 Å². The molecule has 1 N–H and O–H groups in total. The standard InChI is InChI=1S/C19H25N5O5/c1-27-15-11-13-14(12-16(15)28-2)20-18(23-7-9-29-10-8-23)21-17(13)22-3-5-24(6-4-22)19(25)26/h11-12H,3-10H2,1-2H3,(H,25,26). The number of carboxylic acid groups (broad SMARTS) is 1. The Morgan fingerprint density at radius 1 is 0.966 bits per heavy atom. The molecule has 0 atom stereocenters. The SMILES string of the molecule is COc1cc2nc(N3CCOCC3)nc(N3CCN(C(=O)O)CC3)c2cc1OC. The monoisotopic (exact) mass is 403 g/mol. The van der Waals surface area contributed by atoms with Crippen molar-refractivity contribution in [2.45, 2.75) is 0 Å². The number of piperazine rings is 1. The van der Waals surface area contributed by atoms with Crippen molar-refractivity contribution in [2.24, 2.45) is 0 Å². The lowest BCUT2D eigenvalue weighted by atomic mass is 10.2. The van der Waals surface area contributed by atoms with Gasteiger partial charge in [-0.2, -0.15) is 4.98 Å². The number of aromatic nitrogens is 2. The summed E-state index contributed by atoms with van der Waals surface area (Å²) in [6, 6.07) is 3.74. The van der Waals surface area contributed by atoms with Crippen LogP contribution in [0.2, 0.25) is 0 Å². The van der Waals surface area contributed by atoms with Crippen LogP contribution in [-0.2, 0) is 4.74 Å². The molecule has 3 heterocycles. The highest BCUT2D eigenvalue weighted by Crippen LogP contribution is 2.36. The number of anilines is 2. The van der Waals surface area contributed by atoms with Gasteiger partial charge in [-0.15, -0.1) is 0 Å². The van der Waals surface area contributed by atoms with Gasteiger partial charge in [0.15, 0.2) is 11.5 Å². The van der Waals surface area contributed by atoms with E-state index in [-0.39, 0.29) is 0 Å². The van der Waals surface area contributed by atoms with Gasteiger partial charge in [0.05, 0.1) is 33.0 Å². The molecule has 156 valence electrons. The lowest BCUT2D eigenvalue weighted by Crippen LogP contribution is -2.48. The molecule has 2 aliphatic heterocycles. The number of morpholine rings is 1. The number of hydrogen-bond donors (Lipinski definition) is 1. The van der Waals surface area contributed by atoms with Gasteiger partial charge in [-0.05, 0) is 6.07 Å². The molecule has 1 aromatic carbocycles. The normalized spacial score (nSPS) is 17.5. The van der Waals surface area contributed by atoms with Crippen LogP contribution in [0.15, 0.2) is 12.1 Å². The third-order valence-electron chi connectivity index (χ3n) is 5.31. The summed E-state index contributed by atoms with van der Waals surface area (Å²) < 4.78 is 16.4. The molecule has 29 heavy (non-hydrogen) atoms. The van der Waals surface area contributed by atoms with Crippen LogP contribution in [0.4, 0.5) is 16.6 Å². The molecule has 0 aliphatic carbocycles. The highest BCUT2D eigenvalue weighted by molar-refractivity contribution is 5.93. The number of carbonyl (C=O) groups is 1. The first-order valence-electron chi connectivity index (χ1n) is 9.60. The molecule has 2 saturated heterocycles. The molecule has 0 bridgehead atoms. The average Bonchev–Trinajstić information content (AvgIpc) is 2.78. The molecule has 4 rings (SSSR count). The second kappa shape index (κ2) is 8.16. The van der Waals surface area contributed by atoms with E-state index in [1.165, 1.54) is 4.90 Å². The molecular weight excluding hydrogens is 378 g/mol. The molecule has 1 aromatic heterocycles. The minimum atomic E-state index is -0.891. The summed E-state index contributed by atoms with van der Waals surface area (Å²) in [6.07, 6.45) is -0.891. The van der Waals surface area contributed by atoms with E-state index in [2.05, 4.69) is 9.80 Å². The minimum Gasteiger partial charge on any atom is -0.493 e. The van der Waals surface area contributed by atoms with E-state index >= 15 is 0 Å². The summed E-state index contributed by atoms with van der Waals surface area (Å²) in [4.78, 5) is 26.5. The third-order valence-corrected chi connectivity index (χ3v) is 5.31. The van der Waals surface area contributed by atoms with Crippen molar-refractivity contribution >= 4 is 28.8 Å². The van der Waals surface area contributed by atoms with Crippen molar-refractivity contribution in [3.05, 3.63) is 12.1 Å². The van der Waals surface area contributed by atoms with Gasteiger partial charge in [0, 0.05) is 50.7 Å². The number of hydrogen-bond acceptors (Lipinski definition) is 8. The van der Waals surface area contributed by atoms with Crippen molar-refractivity contribution in [3.8, 4) is 11.5 Å². The lowest BCUT2D eigenvalue weighted by Gasteiger charge is -2.35. The molecular formula is C19H25N5O5. The third kappa shape index (κ3) is 3.80. The second-order valence-electron chi connectivity index (χ2n) is 6.93. The Kier molecular flexibility index (Phi) is 5.43. The summed E-state index contributed by atoms with van der Waals surface area (Å²) in [5, 5.41) is 10.1. The maximum absolute atomic E-state index is 11.3. The van der Waals surface area contributed by atoms with Crippen molar-refractivity contribution in [2.75, 3.05) is 76.5 Å². The summed E-state index contributed by atoms with van der Waals surface area (Å²) in [5.41, 5.74) is 0.759. The zero-order chi connectivity index (χ0) is 20.4. The maximum atomic E-state index is 11.3. The van der Waals surface area contributed by atoms with Crippen molar-refractivity contribution in [1.29, 1.82) is 0 Å². The first-order chi connectivity index (χ1) is 14.1. The Labute approximate surface area is 168 Å². The van der Waals surface area contributed by atoms with Crippen molar-refractivity contribution in [1.82, 2.24) is 14.9 Å². The van der Waals surface area contributed by atoms with Crippen LogP contribution in [0.1, 0.15) is 0 Å². The zero-order valence-electron chi connectivity index (χ0n) is 16.6. The van der Waals surface area contributed by atoms with Crippen LogP contribution in [0.25, 0.3) is 10.9 Å². The van der Waals surface area contributed by atoms with Gasteiger partial charge in [0.1, 0.15) is 5.82 Å². The number of amides is 1. The average molecular weight is 403 g/mol. The highest BCUT2D eigenvalue weighted by atomic mass is 16.5. The molecule has 10 heteroatoms. The van der Waals surface area contributed by atoms with E-state index in [4.69, 9.17) is 24.2 Å². The van der Waals surface area contributed by atoms with Gasteiger partial charge in [0.25, 0.3) is 0 Å². The van der Waals surface area contributed by atoms with Crippen LogP contribution in [0.5, 0.6) is 11.5 Å². The van der Waals surface area contributed by atoms with E-state index in [0.717, 1.165) is 29.8 Å². The molecule has 0 saturated carbocycles. The van der Waals surface area contributed by atoms with Gasteiger partial charge in [-0.1, -0.05) is 0 Å². The van der Waals surface area contributed by atoms with E-state index in [9.17, 15) is 9.90 Å². The Bertz CT molecular complexity index is 894. The fourth-order valence-corrected chi connectivity index (χ4v) is 3.68. The summed E-state index contributed by atoms with van der Waals surface area (Å²) in [7, 11) is 3.19. The number of methoxy groups -OCH3 is 2. The fraction of sp³-hybridized carbons (Fsp3) is 0.526. The van der Waals surface area contributed by atoms with Crippen LogP contribution < -0.4 is 19.3 Å². The van der Waals surface area contributed by atoms with E-state index in [1.54, 1.807) is 14.2 Å². The summed E-state index contributed by atoms with van der Waals surface area (Å²) >= 11 is 0. The predicted octanol–water partition coefficient (Wildman–Crippen LogP) is 1.28. The highest BCUT2D eigenvalue weighted by Gasteiger charge is 2.25. The molecule has 2 aromatic rings. The van der Waals surface area contributed by atoms with Crippen LogP contribution >= 0.6 is 0 Å². The Hall–Kier alpha value is -3.01. The molecule has 2 fully saturated rings. The summed E-state index contributed by atoms with van der Waals surface area (Å²) in [5.74, 6) is 2.63. The quantitative estimate of drug-likeness (QED) is 0.809. The number of fused-ring (bicyclic) bond motifs is 1. The maximum Gasteiger partial charge on any atom is 0.407 e. The number of benzene rings is 1. The van der Waals surface area contributed by atoms with E-state index in [1.807, 2.05) is 12.1 Å².